The quantitative estimate of drug-likeness (QED) is 0.773. The van der Waals surface area contributed by atoms with E-state index >= 15 is 0 Å². The smallest absolute Gasteiger partial charge is 0.231 e. The zero-order valence-electron chi connectivity index (χ0n) is 16.8. The number of rotatable bonds is 5. The normalized spacial score (nSPS) is 22.8. The molecule has 1 aromatic carbocycles. The molecule has 0 bridgehead atoms. The van der Waals surface area contributed by atoms with E-state index in [9.17, 15) is 0 Å². The average Bonchev–Trinajstić information content (AvgIpc) is 3.27. The molecule has 2 fully saturated rings. The molecule has 0 aliphatic carbocycles. The Morgan fingerprint density at radius 1 is 1.00 bits per heavy atom. The highest BCUT2D eigenvalue weighted by molar-refractivity contribution is 5.57. The van der Waals surface area contributed by atoms with Gasteiger partial charge in [0.2, 0.25) is 6.79 Å². The molecule has 6 heteroatoms. The minimum Gasteiger partial charge on any atom is -0.454 e. The van der Waals surface area contributed by atoms with Gasteiger partial charge in [0.25, 0.3) is 0 Å². The van der Waals surface area contributed by atoms with E-state index in [1.54, 1.807) is 0 Å². The molecule has 1 unspecified atom stereocenters. The fourth-order valence-electron chi connectivity index (χ4n) is 4.69. The molecule has 0 saturated carbocycles. The number of hydrogen-bond donors (Lipinski definition) is 0. The van der Waals surface area contributed by atoms with Gasteiger partial charge in [0.1, 0.15) is 0 Å². The van der Waals surface area contributed by atoms with E-state index in [1.807, 2.05) is 30.5 Å². The molecule has 6 nitrogen and oxygen atoms in total. The van der Waals surface area contributed by atoms with Crippen LogP contribution in [-0.4, -0.2) is 55.0 Å². The van der Waals surface area contributed by atoms with Crippen molar-refractivity contribution in [1.29, 1.82) is 0 Å². The number of benzene rings is 1. The fraction of sp³-hybridized carbons (Fsp3) is 0.522. The SMILES string of the molecule is c1ccc(COC2CCCN(C3CCN(c4ccc5c(c4)OCO5)CC3)C2)nc1. The molecule has 0 N–H and O–H groups in total. The van der Waals surface area contributed by atoms with Crippen LogP contribution in [-0.2, 0) is 11.3 Å². The van der Waals surface area contributed by atoms with Crippen LogP contribution in [0.4, 0.5) is 5.69 Å². The Kier molecular flexibility index (Phi) is 5.54. The molecule has 0 amide bonds. The van der Waals surface area contributed by atoms with Gasteiger partial charge < -0.3 is 19.1 Å². The largest absolute Gasteiger partial charge is 0.454 e. The minimum absolute atomic E-state index is 0.317. The van der Waals surface area contributed by atoms with Crippen LogP contribution in [0.1, 0.15) is 31.4 Å². The zero-order valence-corrected chi connectivity index (χ0v) is 16.8. The van der Waals surface area contributed by atoms with Gasteiger partial charge in [0, 0.05) is 43.6 Å². The molecule has 4 heterocycles. The third-order valence-electron chi connectivity index (χ3n) is 6.30. The second kappa shape index (κ2) is 8.59. The van der Waals surface area contributed by atoms with E-state index in [1.165, 1.54) is 31.5 Å². The van der Waals surface area contributed by atoms with Crippen molar-refractivity contribution in [3.8, 4) is 11.5 Å². The van der Waals surface area contributed by atoms with Gasteiger partial charge in [-0.25, -0.2) is 0 Å². The second-order valence-electron chi connectivity index (χ2n) is 8.15. The van der Waals surface area contributed by atoms with Crippen LogP contribution in [0.25, 0.3) is 0 Å². The Morgan fingerprint density at radius 3 is 2.76 bits per heavy atom. The number of pyridine rings is 1. The molecule has 2 aromatic rings. The number of hydrogen-bond acceptors (Lipinski definition) is 6. The Balaban J connectivity index is 1.12. The van der Waals surface area contributed by atoms with E-state index in [-0.39, 0.29) is 0 Å². The summed E-state index contributed by atoms with van der Waals surface area (Å²) in [4.78, 5) is 9.50. The Morgan fingerprint density at radius 2 is 1.90 bits per heavy atom. The van der Waals surface area contributed by atoms with Crippen molar-refractivity contribution in [2.24, 2.45) is 0 Å². The van der Waals surface area contributed by atoms with Crippen molar-refractivity contribution >= 4 is 5.69 Å². The van der Waals surface area contributed by atoms with E-state index in [0.29, 0.717) is 25.5 Å². The molecule has 2 saturated heterocycles. The second-order valence-corrected chi connectivity index (χ2v) is 8.15. The van der Waals surface area contributed by atoms with Gasteiger partial charge in [-0.05, 0) is 56.5 Å². The molecule has 154 valence electrons. The van der Waals surface area contributed by atoms with Crippen LogP contribution in [0, 0.1) is 0 Å². The highest BCUT2D eigenvalue weighted by Crippen LogP contribution is 2.36. The van der Waals surface area contributed by atoms with Crippen LogP contribution >= 0.6 is 0 Å². The van der Waals surface area contributed by atoms with E-state index in [2.05, 4.69) is 26.9 Å². The van der Waals surface area contributed by atoms with Gasteiger partial charge in [-0.3, -0.25) is 9.88 Å². The molecule has 1 atom stereocenters. The summed E-state index contributed by atoms with van der Waals surface area (Å²) in [6.45, 7) is 5.35. The molecule has 0 spiro atoms. The first-order chi connectivity index (χ1) is 14.3. The summed E-state index contributed by atoms with van der Waals surface area (Å²) in [6, 6.07) is 12.9. The summed E-state index contributed by atoms with van der Waals surface area (Å²) < 4.78 is 17.2. The molecular weight excluding hydrogens is 366 g/mol. The summed E-state index contributed by atoms with van der Waals surface area (Å²) in [5.74, 6) is 1.72. The summed E-state index contributed by atoms with van der Waals surface area (Å²) in [6.07, 6.45) is 6.91. The van der Waals surface area contributed by atoms with Crippen molar-refractivity contribution in [2.75, 3.05) is 37.9 Å². The molecule has 5 rings (SSSR count). The summed E-state index contributed by atoms with van der Waals surface area (Å²) >= 11 is 0. The maximum absolute atomic E-state index is 6.18. The van der Waals surface area contributed by atoms with Crippen LogP contribution in [0.2, 0.25) is 0 Å². The van der Waals surface area contributed by atoms with Gasteiger partial charge in [0.05, 0.1) is 18.4 Å². The maximum atomic E-state index is 6.18. The Bertz CT molecular complexity index is 808. The monoisotopic (exact) mass is 395 g/mol. The minimum atomic E-state index is 0.317. The number of anilines is 1. The first-order valence-electron chi connectivity index (χ1n) is 10.8. The fourth-order valence-corrected chi connectivity index (χ4v) is 4.69. The third-order valence-corrected chi connectivity index (χ3v) is 6.30. The molecular formula is C23H29N3O3. The summed E-state index contributed by atoms with van der Waals surface area (Å²) in [5, 5.41) is 0. The van der Waals surface area contributed by atoms with Gasteiger partial charge >= 0.3 is 0 Å². The van der Waals surface area contributed by atoms with Crippen molar-refractivity contribution in [3.05, 3.63) is 48.3 Å². The molecule has 3 aliphatic rings. The molecule has 0 radical (unpaired) electrons. The number of fused-ring (bicyclic) bond motifs is 1. The standard InChI is InChI=1S/C23H29N3O3/c1-2-10-24-18(4-1)16-27-21-5-3-11-26(15-21)19-8-12-25(13-9-19)20-6-7-22-23(14-20)29-17-28-22/h1-2,4,6-7,10,14,19,21H,3,5,8-9,11-13,15-17H2. The lowest BCUT2D eigenvalue weighted by Crippen LogP contribution is -2.50. The van der Waals surface area contributed by atoms with Gasteiger partial charge in [-0.1, -0.05) is 6.07 Å². The lowest BCUT2D eigenvalue weighted by atomic mass is 9.98. The van der Waals surface area contributed by atoms with Gasteiger partial charge in [-0.15, -0.1) is 0 Å². The zero-order chi connectivity index (χ0) is 19.5. The predicted molar refractivity (Wildman–Crippen MR) is 111 cm³/mol. The number of likely N-dealkylation sites (tertiary alicyclic amines) is 1. The van der Waals surface area contributed by atoms with E-state index < -0.39 is 0 Å². The van der Waals surface area contributed by atoms with Crippen LogP contribution < -0.4 is 14.4 Å². The molecule has 29 heavy (non-hydrogen) atoms. The number of ether oxygens (including phenoxy) is 3. The van der Waals surface area contributed by atoms with Crippen LogP contribution in [0.5, 0.6) is 11.5 Å². The van der Waals surface area contributed by atoms with E-state index in [4.69, 9.17) is 14.2 Å². The first kappa shape index (κ1) is 18.7. The molecule has 1 aromatic heterocycles. The van der Waals surface area contributed by atoms with Crippen molar-refractivity contribution in [1.82, 2.24) is 9.88 Å². The number of aromatic nitrogens is 1. The average molecular weight is 396 g/mol. The Labute approximate surface area is 172 Å². The van der Waals surface area contributed by atoms with Crippen molar-refractivity contribution < 1.29 is 14.2 Å². The van der Waals surface area contributed by atoms with Crippen molar-refractivity contribution in [2.45, 2.75) is 44.4 Å². The topological polar surface area (TPSA) is 47.1 Å². The van der Waals surface area contributed by atoms with Gasteiger partial charge in [0.15, 0.2) is 11.5 Å². The van der Waals surface area contributed by atoms with Crippen molar-refractivity contribution in [3.63, 3.8) is 0 Å². The summed E-state index contributed by atoms with van der Waals surface area (Å²) in [7, 11) is 0. The third kappa shape index (κ3) is 4.33. The van der Waals surface area contributed by atoms with Gasteiger partial charge in [-0.2, -0.15) is 0 Å². The highest BCUT2D eigenvalue weighted by atomic mass is 16.7. The highest BCUT2D eigenvalue weighted by Gasteiger charge is 2.29. The number of nitrogens with zero attached hydrogens (tertiary/aromatic N) is 3. The van der Waals surface area contributed by atoms with Crippen LogP contribution in [0.3, 0.4) is 0 Å². The summed E-state index contributed by atoms with van der Waals surface area (Å²) in [5.41, 5.74) is 2.25. The first-order valence-corrected chi connectivity index (χ1v) is 10.8. The number of piperidine rings is 2. The lowest BCUT2D eigenvalue weighted by Gasteiger charge is -2.42. The predicted octanol–water partition coefficient (Wildman–Crippen LogP) is 3.46. The molecule has 3 aliphatic heterocycles. The maximum Gasteiger partial charge on any atom is 0.231 e. The Hall–Kier alpha value is -2.31. The lowest BCUT2D eigenvalue weighted by molar-refractivity contribution is -0.0251. The van der Waals surface area contributed by atoms with Crippen LogP contribution in [0.15, 0.2) is 42.6 Å². The van der Waals surface area contributed by atoms with E-state index in [0.717, 1.165) is 43.2 Å².